The molecule has 2 N–H and O–H groups in total. The molecule has 0 saturated carbocycles. The molecule has 1 unspecified atom stereocenters. The smallest absolute Gasteiger partial charge is 0.252 e. The molecular formula is C22H23N3O4. The van der Waals surface area contributed by atoms with E-state index < -0.39 is 0 Å². The topological polar surface area (TPSA) is 89.5 Å². The van der Waals surface area contributed by atoms with Crippen molar-refractivity contribution in [2.45, 2.75) is 19.9 Å². The summed E-state index contributed by atoms with van der Waals surface area (Å²) in [6, 6.07) is 12.3. The molecule has 2 amide bonds. The Balaban J connectivity index is 1.89. The lowest BCUT2D eigenvalue weighted by Crippen LogP contribution is -2.27. The van der Waals surface area contributed by atoms with E-state index in [2.05, 4.69) is 15.6 Å². The number of hydrogen-bond acceptors (Lipinski definition) is 5. The Morgan fingerprint density at radius 1 is 1.03 bits per heavy atom. The van der Waals surface area contributed by atoms with Crippen LogP contribution in [0.15, 0.2) is 48.7 Å². The molecule has 7 heteroatoms. The Hall–Kier alpha value is -3.61. The van der Waals surface area contributed by atoms with Crippen molar-refractivity contribution in [3.63, 3.8) is 0 Å². The highest BCUT2D eigenvalue weighted by Gasteiger charge is 2.17. The van der Waals surface area contributed by atoms with Gasteiger partial charge in [-0.05, 0) is 36.8 Å². The van der Waals surface area contributed by atoms with Gasteiger partial charge in [0.1, 0.15) is 0 Å². The van der Waals surface area contributed by atoms with Crippen LogP contribution < -0.4 is 20.1 Å². The van der Waals surface area contributed by atoms with E-state index >= 15 is 0 Å². The summed E-state index contributed by atoms with van der Waals surface area (Å²) < 4.78 is 10.6. The van der Waals surface area contributed by atoms with E-state index in [0.29, 0.717) is 33.7 Å². The average Bonchev–Trinajstić information content (AvgIpc) is 2.72. The highest BCUT2D eigenvalue weighted by molar-refractivity contribution is 6.10. The Kier molecular flexibility index (Phi) is 5.97. The fourth-order valence-corrected chi connectivity index (χ4v) is 3.14. The molecule has 2 aromatic carbocycles. The Morgan fingerprint density at radius 3 is 2.48 bits per heavy atom. The summed E-state index contributed by atoms with van der Waals surface area (Å²) in [5.41, 5.74) is 2.49. The molecule has 150 valence electrons. The number of pyridine rings is 1. The minimum absolute atomic E-state index is 0.198. The van der Waals surface area contributed by atoms with Gasteiger partial charge in [-0.3, -0.25) is 14.6 Å². The first-order valence-corrected chi connectivity index (χ1v) is 9.12. The normalized spacial score (nSPS) is 11.6. The van der Waals surface area contributed by atoms with Gasteiger partial charge in [-0.25, -0.2) is 0 Å². The van der Waals surface area contributed by atoms with Crippen LogP contribution in [0.1, 0.15) is 35.8 Å². The molecule has 3 rings (SSSR count). The van der Waals surface area contributed by atoms with Crippen molar-refractivity contribution in [3.8, 4) is 11.5 Å². The Labute approximate surface area is 169 Å². The zero-order chi connectivity index (χ0) is 21.0. The third kappa shape index (κ3) is 4.29. The molecule has 0 aliphatic rings. The summed E-state index contributed by atoms with van der Waals surface area (Å²) in [6.07, 6.45) is 1.56. The number of carbonyl (C=O) groups excluding carboxylic acids is 2. The minimum Gasteiger partial charge on any atom is -0.493 e. The van der Waals surface area contributed by atoms with Crippen molar-refractivity contribution in [2.24, 2.45) is 0 Å². The van der Waals surface area contributed by atoms with Crippen LogP contribution in [0.5, 0.6) is 11.5 Å². The molecule has 0 saturated heterocycles. The standard InChI is InChI=1S/C22H23N3O4/c1-13(15-8-9-19(28-3)20(12-15)29-4)24-22(27)17-10-11-23-21-16(17)6-5-7-18(21)25-14(2)26/h5-13H,1-4H3,(H,24,27)(H,25,26). The number of para-hydroxylation sites is 1. The van der Waals surface area contributed by atoms with Crippen LogP contribution in [0, 0.1) is 0 Å². The molecule has 0 radical (unpaired) electrons. The summed E-state index contributed by atoms with van der Waals surface area (Å²) in [5, 5.41) is 6.41. The number of nitrogens with zero attached hydrogens (tertiary/aromatic N) is 1. The van der Waals surface area contributed by atoms with Gasteiger partial charge in [0.05, 0.1) is 37.0 Å². The second kappa shape index (κ2) is 8.60. The number of amides is 2. The first-order valence-electron chi connectivity index (χ1n) is 9.12. The maximum Gasteiger partial charge on any atom is 0.252 e. The van der Waals surface area contributed by atoms with Gasteiger partial charge in [-0.2, -0.15) is 0 Å². The lowest BCUT2D eigenvalue weighted by Gasteiger charge is -2.17. The van der Waals surface area contributed by atoms with Crippen LogP contribution in [-0.4, -0.2) is 31.0 Å². The van der Waals surface area contributed by atoms with Crippen LogP contribution in [-0.2, 0) is 4.79 Å². The van der Waals surface area contributed by atoms with E-state index in [4.69, 9.17) is 9.47 Å². The third-order valence-corrected chi connectivity index (χ3v) is 4.58. The molecular weight excluding hydrogens is 370 g/mol. The van der Waals surface area contributed by atoms with Gasteiger partial charge in [0, 0.05) is 18.5 Å². The molecule has 1 aromatic heterocycles. The number of carbonyl (C=O) groups is 2. The lowest BCUT2D eigenvalue weighted by atomic mass is 10.0. The summed E-state index contributed by atoms with van der Waals surface area (Å²) >= 11 is 0. The molecule has 0 bridgehead atoms. The number of fused-ring (bicyclic) bond motifs is 1. The fraction of sp³-hybridized carbons (Fsp3) is 0.227. The molecule has 0 spiro atoms. The quantitative estimate of drug-likeness (QED) is 0.666. The van der Waals surface area contributed by atoms with Crippen molar-refractivity contribution < 1.29 is 19.1 Å². The van der Waals surface area contributed by atoms with E-state index in [-0.39, 0.29) is 17.9 Å². The van der Waals surface area contributed by atoms with Crippen LogP contribution in [0.4, 0.5) is 5.69 Å². The second-order valence-corrected chi connectivity index (χ2v) is 6.55. The lowest BCUT2D eigenvalue weighted by molar-refractivity contribution is -0.114. The first kappa shape index (κ1) is 20.1. The van der Waals surface area contributed by atoms with Gasteiger partial charge >= 0.3 is 0 Å². The molecule has 1 atom stereocenters. The van der Waals surface area contributed by atoms with E-state index in [1.54, 1.807) is 44.7 Å². The Morgan fingerprint density at radius 2 is 1.79 bits per heavy atom. The highest BCUT2D eigenvalue weighted by atomic mass is 16.5. The fourth-order valence-electron chi connectivity index (χ4n) is 3.14. The summed E-state index contributed by atoms with van der Waals surface area (Å²) in [6.45, 7) is 3.32. The second-order valence-electron chi connectivity index (χ2n) is 6.55. The zero-order valence-corrected chi connectivity index (χ0v) is 16.8. The summed E-state index contributed by atoms with van der Waals surface area (Å²) in [4.78, 5) is 28.7. The first-order chi connectivity index (χ1) is 13.9. The number of methoxy groups -OCH3 is 2. The number of hydrogen-bond donors (Lipinski definition) is 2. The van der Waals surface area contributed by atoms with Gasteiger partial charge < -0.3 is 20.1 Å². The summed E-state index contributed by atoms with van der Waals surface area (Å²) in [7, 11) is 3.15. The van der Waals surface area contributed by atoms with Crippen molar-refractivity contribution in [1.82, 2.24) is 10.3 Å². The molecule has 0 fully saturated rings. The highest BCUT2D eigenvalue weighted by Crippen LogP contribution is 2.30. The van der Waals surface area contributed by atoms with Crippen LogP contribution in [0.25, 0.3) is 10.9 Å². The molecule has 0 aliphatic carbocycles. The van der Waals surface area contributed by atoms with Gasteiger partial charge in [0.2, 0.25) is 5.91 Å². The molecule has 1 heterocycles. The van der Waals surface area contributed by atoms with E-state index in [1.807, 2.05) is 25.1 Å². The van der Waals surface area contributed by atoms with Crippen LogP contribution >= 0.6 is 0 Å². The van der Waals surface area contributed by atoms with Gasteiger partial charge in [-0.15, -0.1) is 0 Å². The number of aromatic nitrogens is 1. The monoisotopic (exact) mass is 393 g/mol. The minimum atomic E-state index is -0.260. The van der Waals surface area contributed by atoms with Gasteiger partial charge in [0.25, 0.3) is 5.91 Å². The molecule has 29 heavy (non-hydrogen) atoms. The average molecular weight is 393 g/mol. The molecule has 0 aliphatic heterocycles. The predicted octanol–water partition coefficient (Wildman–Crippen LogP) is 3.70. The zero-order valence-electron chi connectivity index (χ0n) is 16.8. The number of ether oxygens (including phenoxy) is 2. The van der Waals surface area contributed by atoms with E-state index in [9.17, 15) is 9.59 Å². The maximum absolute atomic E-state index is 13.0. The van der Waals surface area contributed by atoms with Crippen LogP contribution in [0.3, 0.4) is 0 Å². The number of anilines is 1. The van der Waals surface area contributed by atoms with Crippen molar-refractivity contribution in [3.05, 3.63) is 59.8 Å². The van der Waals surface area contributed by atoms with Crippen molar-refractivity contribution in [1.29, 1.82) is 0 Å². The third-order valence-electron chi connectivity index (χ3n) is 4.58. The van der Waals surface area contributed by atoms with Crippen molar-refractivity contribution in [2.75, 3.05) is 19.5 Å². The largest absolute Gasteiger partial charge is 0.493 e. The molecule has 7 nitrogen and oxygen atoms in total. The molecule has 3 aromatic rings. The number of rotatable bonds is 6. The van der Waals surface area contributed by atoms with Gasteiger partial charge in [0.15, 0.2) is 11.5 Å². The predicted molar refractivity (Wildman–Crippen MR) is 111 cm³/mol. The van der Waals surface area contributed by atoms with Crippen molar-refractivity contribution >= 4 is 28.4 Å². The van der Waals surface area contributed by atoms with Gasteiger partial charge in [-0.1, -0.05) is 18.2 Å². The van der Waals surface area contributed by atoms with E-state index in [0.717, 1.165) is 5.56 Å². The maximum atomic E-state index is 13.0. The SMILES string of the molecule is COc1ccc(C(C)NC(=O)c2ccnc3c(NC(C)=O)cccc23)cc1OC. The number of benzene rings is 2. The number of nitrogens with one attached hydrogen (secondary N) is 2. The van der Waals surface area contributed by atoms with E-state index in [1.165, 1.54) is 6.92 Å². The summed E-state index contributed by atoms with van der Waals surface area (Å²) in [5.74, 6) is 0.789. The van der Waals surface area contributed by atoms with Crippen LogP contribution in [0.2, 0.25) is 0 Å². The Bertz CT molecular complexity index is 1070.